The molecule has 18 heavy (non-hydrogen) atoms. The number of nitrogens with zero attached hydrogens (tertiary/aromatic N) is 2. The average Bonchev–Trinajstić information content (AvgIpc) is 2.39. The molecule has 0 atom stereocenters. The van der Waals surface area contributed by atoms with E-state index in [0.717, 1.165) is 23.6 Å². The molecule has 0 saturated heterocycles. The van der Waals surface area contributed by atoms with Gasteiger partial charge in [0.05, 0.1) is 5.52 Å². The van der Waals surface area contributed by atoms with E-state index in [2.05, 4.69) is 21.9 Å². The Morgan fingerprint density at radius 2 is 2.28 bits per heavy atom. The Labute approximate surface area is 110 Å². The third-order valence-electron chi connectivity index (χ3n) is 2.37. The third-order valence-corrected chi connectivity index (χ3v) is 3.34. The molecule has 3 nitrogen and oxygen atoms in total. The Hall–Kier alpha value is -1.62. The largest absolute Gasteiger partial charge is 0.369 e. The summed E-state index contributed by atoms with van der Waals surface area (Å²) in [5, 5.41) is 3.91. The van der Waals surface area contributed by atoms with Gasteiger partial charge in [0, 0.05) is 23.4 Å². The Morgan fingerprint density at radius 1 is 1.39 bits per heavy atom. The lowest BCUT2D eigenvalue weighted by Gasteiger charge is -2.07. The molecule has 0 bridgehead atoms. The minimum Gasteiger partial charge on any atom is -0.369 e. The molecular formula is C13H14FN3S. The van der Waals surface area contributed by atoms with Crippen molar-refractivity contribution in [2.75, 3.05) is 23.4 Å². The summed E-state index contributed by atoms with van der Waals surface area (Å²) in [5.41, 5.74) is 0.743. The molecule has 5 heteroatoms. The minimum atomic E-state index is -0.276. The molecule has 0 unspecified atom stereocenters. The first kappa shape index (κ1) is 12.8. The first-order valence-corrected chi connectivity index (χ1v) is 6.79. The Balaban J connectivity index is 2.08. The Bertz CT molecular complexity index is 545. The number of anilines is 1. The number of fused-ring (bicyclic) bond motifs is 1. The number of halogens is 1. The molecule has 94 valence electrons. The number of thioether (sulfide) groups is 1. The molecule has 1 heterocycles. The van der Waals surface area contributed by atoms with E-state index >= 15 is 0 Å². The van der Waals surface area contributed by atoms with E-state index in [-0.39, 0.29) is 5.82 Å². The number of hydrogen-bond acceptors (Lipinski definition) is 4. The van der Waals surface area contributed by atoms with Crippen molar-refractivity contribution in [1.29, 1.82) is 0 Å². The second-order valence-corrected chi connectivity index (χ2v) is 4.82. The van der Waals surface area contributed by atoms with Crippen LogP contribution in [-0.4, -0.2) is 28.0 Å². The first-order chi connectivity index (χ1) is 8.81. The smallest absolute Gasteiger partial charge is 0.137 e. The fourth-order valence-electron chi connectivity index (χ4n) is 1.58. The third kappa shape index (κ3) is 3.20. The van der Waals surface area contributed by atoms with E-state index in [0.29, 0.717) is 11.2 Å². The fourth-order valence-corrected chi connectivity index (χ4v) is 2.16. The number of aromatic nitrogens is 2. The number of hydrogen-bond donors (Lipinski definition) is 1. The van der Waals surface area contributed by atoms with Crippen molar-refractivity contribution in [2.24, 2.45) is 0 Å². The van der Waals surface area contributed by atoms with Gasteiger partial charge in [-0.25, -0.2) is 14.4 Å². The van der Waals surface area contributed by atoms with E-state index in [1.807, 2.05) is 6.08 Å². The summed E-state index contributed by atoms with van der Waals surface area (Å²) in [5.74, 6) is 2.29. The summed E-state index contributed by atoms with van der Waals surface area (Å²) in [6.07, 6.45) is 3.36. The molecule has 2 aromatic rings. The van der Waals surface area contributed by atoms with E-state index in [9.17, 15) is 4.39 Å². The summed E-state index contributed by atoms with van der Waals surface area (Å²) in [7, 11) is 0. The van der Waals surface area contributed by atoms with Crippen LogP contribution in [0.4, 0.5) is 10.2 Å². The van der Waals surface area contributed by atoms with E-state index in [4.69, 9.17) is 0 Å². The number of nitrogens with one attached hydrogen (secondary N) is 1. The summed E-state index contributed by atoms with van der Waals surface area (Å²) in [4.78, 5) is 8.25. The van der Waals surface area contributed by atoms with Gasteiger partial charge >= 0.3 is 0 Å². The highest BCUT2D eigenvalue weighted by atomic mass is 32.2. The van der Waals surface area contributed by atoms with Crippen molar-refractivity contribution in [3.05, 3.63) is 43.0 Å². The van der Waals surface area contributed by atoms with Gasteiger partial charge in [0.1, 0.15) is 18.0 Å². The summed E-state index contributed by atoms with van der Waals surface area (Å²) in [6.45, 7) is 4.44. The molecule has 0 radical (unpaired) electrons. The molecule has 0 spiro atoms. The van der Waals surface area contributed by atoms with Gasteiger partial charge in [-0.3, -0.25) is 0 Å². The quantitative estimate of drug-likeness (QED) is 0.642. The molecule has 0 aliphatic heterocycles. The zero-order chi connectivity index (χ0) is 12.8. The summed E-state index contributed by atoms with van der Waals surface area (Å²) >= 11 is 1.78. The van der Waals surface area contributed by atoms with Crippen molar-refractivity contribution in [1.82, 2.24) is 9.97 Å². The lowest BCUT2D eigenvalue weighted by Crippen LogP contribution is -2.06. The van der Waals surface area contributed by atoms with Crippen LogP contribution in [0.2, 0.25) is 0 Å². The van der Waals surface area contributed by atoms with Crippen LogP contribution in [0.25, 0.3) is 10.9 Å². The predicted molar refractivity (Wildman–Crippen MR) is 75.5 cm³/mol. The maximum Gasteiger partial charge on any atom is 0.137 e. The molecule has 1 aromatic heterocycles. The molecular weight excluding hydrogens is 249 g/mol. The van der Waals surface area contributed by atoms with Gasteiger partial charge in [-0.1, -0.05) is 6.08 Å². The minimum absolute atomic E-state index is 0.276. The fraction of sp³-hybridized carbons (Fsp3) is 0.231. The molecule has 0 aliphatic rings. The van der Waals surface area contributed by atoms with Crippen molar-refractivity contribution in [3.63, 3.8) is 0 Å². The van der Waals surface area contributed by atoms with Crippen molar-refractivity contribution in [3.8, 4) is 0 Å². The van der Waals surface area contributed by atoms with Crippen LogP contribution >= 0.6 is 11.8 Å². The van der Waals surface area contributed by atoms with Gasteiger partial charge < -0.3 is 5.32 Å². The lowest BCUT2D eigenvalue weighted by molar-refractivity contribution is 0.629. The van der Waals surface area contributed by atoms with E-state index in [1.165, 1.54) is 18.5 Å². The molecule has 0 amide bonds. The van der Waals surface area contributed by atoms with Crippen LogP contribution in [0.1, 0.15) is 0 Å². The van der Waals surface area contributed by atoms with Crippen molar-refractivity contribution >= 4 is 28.5 Å². The lowest BCUT2D eigenvalue weighted by atomic mass is 10.2. The van der Waals surface area contributed by atoms with Gasteiger partial charge in [0.25, 0.3) is 0 Å². The molecule has 2 rings (SSSR count). The van der Waals surface area contributed by atoms with Crippen LogP contribution in [0, 0.1) is 5.82 Å². The van der Waals surface area contributed by atoms with Crippen LogP contribution in [0.15, 0.2) is 37.2 Å². The molecule has 0 aliphatic carbocycles. The van der Waals surface area contributed by atoms with Gasteiger partial charge in [-0.05, 0) is 18.2 Å². The van der Waals surface area contributed by atoms with Crippen molar-refractivity contribution < 1.29 is 4.39 Å². The molecule has 1 aromatic carbocycles. The zero-order valence-electron chi connectivity index (χ0n) is 9.90. The van der Waals surface area contributed by atoms with E-state index in [1.54, 1.807) is 17.8 Å². The Kier molecular flexibility index (Phi) is 4.52. The van der Waals surface area contributed by atoms with Gasteiger partial charge in [-0.2, -0.15) is 11.8 Å². The SMILES string of the molecule is C=CCSCCNc1ncnc2ccc(F)cc12. The second-order valence-electron chi connectivity index (χ2n) is 3.67. The van der Waals surface area contributed by atoms with Crippen LogP contribution in [0.3, 0.4) is 0 Å². The van der Waals surface area contributed by atoms with Gasteiger partial charge in [-0.15, -0.1) is 6.58 Å². The highest BCUT2D eigenvalue weighted by molar-refractivity contribution is 7.99. The summed E-state index contributed by atoms with van der Waals surface area (Å²) in [6, 6.07) is 4.51. The Morgan fingerprint density at radius 3 is 3.11 bits per heavy atom. The summed E-state index contributed by atoms with van der Waals surface area (Å²) < 4.78 is 13.2. The topological polar surface area (TPSA) is 37.8 Å². The monoisotopic (exact) mass is 263 g/mol. The molecule has 0 saturated carbocycles. The maximum absolute atomic E-state index is 13.2. The van der Waals surface area contributed by atoms with Crippen LogP contribution in [0.5, 0.6) is 0 Å². The van der Waals surface area contributed by atoms with Gasteiger partial charge in [0.2, 0.25) is 0 Å². The standard InChI is InChI=1S/C13H14FN3S/c1-2-6-18-7-5-15-13-11-8-10(14)3-4-12(11)16-9-17-13/h2-4,8-9H,1,5-7H2,(H,15,16,17). The molecule has 1 N–H and O–H groups in total. The van der Waals surface area contributed by atoms with Gasteiger partial charge in [0.15, 0.2) is 0 Å². The van der Waals surface area contributed by atoms with E-state index < -0.39 is 0 Å². The molecule has 0 fully saturated rings. The predicted octanol–water partition coefficient (Wildman–Crippen LogP) is 3.10. The van der Waals surface area contributed by atoms with Crippen molar-refractivity contribution in [2.45, 2.75) is 0 Å². The number of rotatable bonds is 6. The zero-order valence-corrected chi connectivity index (χ0v) is 10.7. The van der Waals surface area contributed by atoms with Crippen LogP contribution in [-0.2, 0) is 0 Å². The normalized spacial score (nSPS) is 10.5. The van der Waals surface area contributed by atoms with Crippen LogP contribution < -0.4 is 5.32 Å². The number of benzene rings is 1. The highest BCUT2D eigenvalue weighted by Gasteiger charge is 2.04. The first-order valence-electron chi connectivity index (χ1n) is 5.64. The maximum atomic E-state index is 13.2. The second kappa shape index (κ2) is 6.35. The highest BCUT2D eigenvalue weighted by Crippen LogP contribution is 2.19. The average molecular weight is 263 g/mol.